The fourth-order valence-corrected chi connectivity index (χ4v) is 3.00. The van der Waals surface area contributed by atoms with Crippen molar-refractivity contribution in [2.75, 3.05) is 25.0 Å². The van der Waals surface area contributed by atoms with E-state index in [0.29, 0.717) is 24.1 Å². The van der Waals surface area contributed by atoms with Crippen LogP contribution in [0, 0.1) is 5.92 Å². The van der Waals surface area contributed by atoms with E-state index in [1.54, 1.807) is 0 Å². The molecule has 3 rings (SSSR count). The summed E-state index contributed by atoms with van der Waals surface area (Å²) in [5.74, 6) is 1.30. The fraction of sp³-hybridized carbons (Fsp3) is 0.381. The number of hydrogen-bond acceptors (Lipinski definition) is 3. The van der Waals surface area contributed by atoms with Crippen LogP contribution in [0.1, 0.15) is 30.6 Å². The first-order chi connectivity index (χ1) is 12.1. The summed E-state index contributed by atoms with van der Waals surface area (Å²) in [7, 11) is 0. The van der Waals surface area contributed by atoms with Gasteiger partial charge in [0, 0.05) is 30.4 Å². The lowest BCUT2D eigenvalue weighted by molar-refractivity contribution is 0.0791. The molecule has 0 spiro atoms. The number of likely N-dealkylation sites (tertiary alicyclic amines) is 1. The number of benzene rings is 2. The van der Waals surface area contributed by atoms with E-state index in [0.717, 1.165) is 30.9 Å². The highest BCUT2D eigenvalue weighted by Gasteiger charge is 2.27. The molecule has 0 radical (unpaired) electrons. The first-order valence-corrected chi connectivity index (χ1v) is 8.95. The molecule has 4 heteroatoms. The van der Waals surface area contributed by atoms with E-state index in [2.05, 4.69) is 31.3 Å². The maximum atomic E-state index is 12.8. The SMILES string of the molecule is CC(C)COc1cccc(C(=O)N2CCC(Nc3ccccc3)C2)c1. The Morgan fingerprint density at radius 1 is 1.20 bits per heavy atom. The first kappa shape index (κ1) is 17.3. The Morgan fingerprint density at radius 2 is 2.00 bits per heavy atom. The van der Waals surface area contributed by atoms with Crippen molar-refractivity contribution in [2.45, 2.75) is 26.3 Å². The van der Waals surface area contributed by atoms with E-state index in [4.69, 9.17) is 4.74 Å². The van der Waals surface area contributed by atoms with Gasteiger partial charge in [-0.15, -0.1) is 0 Å². The largest absolute Gasteiger partial charge is 0.493 e. The van der Waals surface area contributed by atoms with Gasteiger partial charge in [-0.2, -0.15) is 0 Å². The smallest absolute Gasteiger partial charge is 0.254 e. The molecule has 4 nitrogen and oxygen atoms in total. The van der Waals surface area contributed by atoms with Crippen LogP contribution in [-0.4, -0.2) is 36.5 Å². The molecule has 0 bridgehead atoms. The Morgan fingerprint density at radius 3 is 2.76 bits per heavy atom. The average Bonchev–Trinajstić information content (AvgIpc) is 3.09. The Hall–Kier alpha value is -2.49. The number of anilines is 1. The van der Waals surface area contributed by atoms with Crippen molar-refractivity contribution >= 4 is 11.6 Å². The van der Waals surface area contributed by atoms with Gasteiger partial charge in [-0.3, -0.25) is 4.79 Å². The van der Waals surface area contributed by atoms with Crippen LogP contribution < -0.4 is 10.1 Å². The zero-order valence-corrected chi connectivity index (χ0v) is 14.9. The molecule has 0 aromatic heterocycles. The van der Waals surface area contributed by atoms with Crippen LogP contribution in [0.2, 0.25) is 0 Å². The maximum Gasteiger partial charge on any atom is 0.254 e. The summed E-state index contributed by atoms with van der Waals surface area (Å²) < 4.78 is 5.74. The van der Waals surface area contributed by atoms with Crippen LogP contribution in [0.3, 0.4) is 0 Å². The second kappa shape index (κ2) is 8.06. The van der Waals surface area contributed by atoms with Gasteiger partial charge in [-0.1, -0.05) is 38.1 Å². The first-order valence-electron chi connectivity index (χ1n) is 8.95. The molecule has 1 unspecified atom stereocenters. The van der Waals surface area contributed by atoms with Gasteiger partial charge in [0.05, 0.1) is 6.61 Å². The van der Waals surface area contributed by atoms with Gasteiger partial charge in [-0.05, 0) is 42.7 Å². The molecule has 1 saturated heterocycles. The second-order valence-corrected chi connectivity index (χ2v) is 6.98. The summed E-state index contributed by atoms with van der Waals surface area (Å²) in [5.41, 5.74) is 1.80. The van der Waals surface area contributed by atoms with Crippen molar-refractivity contribution in [1.82, 2.24) is 4.90 Å². The average molecular weight is 338 g/mol. The van der Waals surface area contributed by atoms with Crippen molar-refractivity contribution in [3.63, 3.8) is 0 Å². The third-order valence-electron chi connectivity index (χ3n) is 4.28. The number of nitrogens with one attached hydrogen (secondary N) is 1. The number of para-hydroxylation sites is 1. The highest BCUT2D eigenvalue weighted by atomic mass is 16.5. The van der Waals surface area contributed by atoms with Gasteiger partial charge in [0.1, 0.15) is 5.75 Å². The van der Waals surface area contributed by atoms with Gasteiger partial charge in [0.15, 0.2) is 0 Å². The molecule has 2 aromatic rings. The predicted molar refractivity (Wildman–Crippen MR) is 101 cm³/mol. The molecule has 1 atom stereocenters. The minimum absolute atomic E-state index is 0.0763. The summed E-state index contributed by atoms with van der Waals surface area (Å²) in [6, 6.07) is 18.0. The van der Waals surface area contributed by atoms with Gasteiger partial charge >= 0.3 is 0 Å². The van der Waals surface area contributed by atoms with E-state index < -0.39 is 0 Å². The maximum absolute atomic E-state index is 12.8. The van der Waals surface area contributed by atoms with Crippen LogP contribution in [0.15, 0.2) is 54.6 Å². The molecule has 1 aliphatic heterocycles. The third-order valence-corrected chi connectivity index (χ3v) is 4.28. The Labute approximate surface area is 149 Å². The highest BCUT2D eigenvalue weighted by molar-refractivity contribution is 5.94. The molecule has 0 saturated carbocycles. The predicted octanol–water partition coefficient (Wildman–Crippen LogP) is 4.05. The molecule has 1 heterocycles. The molecular formula is C21H26N2O2. The highest BCUT2D eigenvalue weighted by Crippen LogP contribution is 2.20. The van der Waals surface area contributed by atoms with Crippen LogP contribution in [0.4, 0.5) is 5.69 Å². The number of nitrogens with zero attached hydrogens (tertiary/aromatic N) is 1. The monoisotopic (exact) mass is 338 g/mol. The molecule has 1 amide bonds. The summed E-state index contributed by atoms with van der Waals surface area (Å²) >= 11 is 0. The van der Waals surface area contributed by atoms with E-state index in [-0.39, 0.29) is 5.91 Å². The molecular weight excluding hydrogens is 312 g/mol. The Kier molecular flexibility index (Phi) is 5.59. The quantitative estimate of drug-likeness (QED) is 0.864. The number of ether oxygens (including phenoxy) is 1. The van der Waals surface area contributed by atoms with Crippen LogP contribution in [-0.2, 0) is 0 Å². The molecule has 1 aliphatic rings. The van der Waals surface area contributed by atoms with Gasteiger partial charge in [0.25, 0.3) is 5.91 Å². The minimum Gasteiger partial charge on any atom is -0.493 e. The van der Waals surface area contributed by atoms with Crippen LogP contribution in [0.5, 0.6) is 5.75 Å². The molecule has 2 aromatic carbocycles. The zero-order valence-electron chi connectivity index (χ0n) is 14.9. The van der Waals surface area contributed by atoms with E-state index in [1.807, 2.05) is 47.4 Å². The van der Waals surface area contributed by atoms with E-state index in [1.165, 1.54) is 0 Å². The molecule has 0 aliphatic carbocycles. The van der Waals surface area contributed by atoms with Crippen molar-refractivity contribution in [1.29, 1.82) is 0 Å². The summed E-state index contributed by atoms with van der Waals surface area (Å²) in [6.45, 7) is 6.38. The van der Waals surface area contributed by atoms with Crippen LogP contribution >= 0.6 is 0 Å². The Bertz CT molecular complexity index is 700. The van der Waals surface area contributed by atoms with Gasteiger partial charge in [0.2, 0.25) is 0 Å². The minimum atomic E-state index is 0.0763. The van der Waals surface area contributed by atoms with E-state index in [9.17, 15) is 4.79 Å². The lowest BCUT2D eigenvalue weighted by Crippen LogP contribution is -2.31. The summed E-state index contributed by atoms with van der Waals surface area (Å²) in [4.78, 5) is 14.7. The summed E-state index contributed by atoms with van der Waals surface area (Å²) in [6.07, 6.45) is 0.962. The molecule has 132 valence electrons. The number of rotatable bonds is 6. The van der Waals surface area contributed by atoms with Crippen molar-refractivity contribution in [2.24, 2.45) is 5.92 Å². The molecule has 25 heavy (non-hydrogen) atoms. The second-order valence-electron chi connectivity index (χ2n) is 6.98. The number of carbonyl (C=O) groups excluding carboxylic acids is 1. The number of hydrogen-bond donors (Lipinski definition) is 1. The van der Waals surface area contributed by atoms with Crippen molar-refractivity contribution < 1.29 is 9.53 Å². The fourth-order valence-electron chi connectivity index (χ4n) is 3.00. The lowest BCUT2D eigenvalue weighted by atomic mass is 10.2. The van der Waals surface area contributed by atoms with Crippen molar-refractivity contribution in [3.8, 4) is 5.75 Å². The normalized spacial score (nSPS) is 16.9. The zero-order chi connectivity index (χ0) is 17.6. The standard InChI is InChI=1S/C21H26N2O2/c1-16(2)15-25-20-10-6-7-17(13-20)21(24)23-12-11-19(14-23)22-18-8-4-3-5-9-18/h3-10,13,16,19,22H,11-12,14-15H2,1-2H3. The topological polar surface area (TPSA) is 41.6 Å². The number of carbonyl (C=O) groups is 1. The lowest BCUT2D eigenvalue weighted by Gasteiger charge is -2.18. The third kappa shape index (κ3) is 4.75. The van der Waals surface area contributed by atoms with Crippen LogP contribution in [0.25, 0.3) is 0 Å². The van der Waals surface area contributed by atoms with E-state index >= 15 is 0 Å². The molecule has 1 fully saturated rings. The number of amides is 1. The summed E-state index contributed by atoms with van der Waals surface area (Å²) in [5, 5.41) is 3.50. The molecule has 1 N–H and O–H groups in total. The van der Waals surface area contributed by atoms with Gasteiger partial charge in [-0.25, -0.2) is 0 Å². The van der Waals surface area contributed by atoms with Crippen molar-refractivity contribution in [3.05, 3.63) is 60.2 Å². The van der Waals surface area contributed by atoms with Gasteiger partial charge < -0.3 is 15.0 Å². The Balaban J connectivity index is 1.59.